The zero-order valence-corrected chi connectivity index (χ0v) is 18.6. The number of urea groups is 1. The number of sulfone groups is 1. The van der Waals surface area contributed by atoms with Crippen LogP contribution in [0.25, 0.3) is 0 Å². The first-order valence-corrected chi connectivity index (χ1v) is 12.4. The van der Waals surface area contributed by atoms with Crippen molar-refractivity contribution in [2.45, 2.75) is 20.3 Å². The second-order valence-corrected chi connectivity index (χ2v) is 10.9. The minimum Gasteiger partial charge on any atom is -0.369 e. The molecular weight excluding hydrogens is 388 g/mol. The molecule has 7 nitrogen and oxygen atoms in total. The van der Waals surface area contributed by atoms with Gasteiger partial charge in [0.1, 0.15) is 0 Å². The lowest BCUT2D eigenvalue weighted by Gasteiger charge is -2.30. The summed E-state index contributed by atoms with van der Waals surface area (Å²) in [5.74, 6) is 1.48. The lowest BCUT2D eigenvalue weighted by Crippen LogP contribution is -2.41. The number of benzene rings is 1. The van der Waals surface area contributed by atoms with Crippen LogP contribution in [0.1, 0.15) is 20.3 Å². The smallest absolute Gasteiger partial charge is 0.317 e. The number of carbonyl (C=O) groups excluding carboxylic acids is 1. The van der Waals surface area contributed by atoms with Crippen LogP contribution in [-0.4, -0.2) is 77.2 Å². The third-order valence-electron chi connectivity index (χ3n) is 5.83. The summed E-state index contributed by atoms with van der Waals surface area (Å²) in [5, 5.41) is 2.76. The highest BCUT2D eigenvalue weighted by Crippen LogP contribution is 2.26. The molecule has 2 heterocycles. The van der Waals surface area contributed by atoms with E-state index in [1.807, 2.05) is 4.90 Å². The Morgan fingerprint density at radius 3 is 2.14 bits per heavy atom. The average Bonchev–Trinajstić information content (AvgIpc) is 2.90. The van der Waals surface area contributed by atoms with Gasteiger partial charge in [0.2, 0.25) is 0 Å². The predicted molar refractivity (Wildman–Crippen MR) is 118 cm³/mol. The van der Waals surface area contributed by atoms with Crippen LogP contribution in [0.4, 0.5) is 16.2 Å². The zero-order valence-electron chi connectivity index (χ0n) is 17.8. The van der Waals surface area contributed by atoms with E-state index in [1.165, 1.54) is 0 Å². The molecule has 0 aromatic heterocycles. The first-order chi connectivity index (χ1) is 13.8. The van der Waals surface area contributed by atoms with Gasteiger partial charge in [0.25, 0.3) is 0 Å². The van der Waals surface area contributed by atoms with E-state index in [4.69, 9.17) is 0 Å². The molecule has 162 valence electrons. The molecule has 2 aliphatic heterocycles. The van der Waals surface area contributed by atoms with Crippen LogP contribution in [-0.2, 0) is 9.84 Å². The fourth-order valence-electron chi connectivity index (χ4n) is 4.34. The minimum absolute atomic E-state index is 0.00370. The van der Waals surface area contributed by atoms with Gasteiger partial charge in [-0.1, -0.05) is 13.8 Å². The summed E-state index contributed by atoms with van der Waals surface area (Å²) in [4.78, 5) is 18.7. The highest BCUT2D eigenvalue weighted by Gasteiger charge is 2.26. The molecule has 1 N–H and O–H groups in total. The summed E-state index contributed by atoms with van der Waals surface area (Å²) in [6.45, 7) is 8.82. The van der Waals surface area contributed by atoms with Gasteiger partial charge in [-0.15, -0.1) is 0 Å². The molecular formula is C21H34N4O3S. The number of nitrogens with one attached hydrogen (secondary N) is 1. The van der Waals surface area contributed by atoms with Crippen molar-refractivity contribution in [3.8, 4) is 0 Å². The summed E-state index contributed by atoms with van der Waals surface area (Å²) in [5.41, 5.74) is 2.23. The number of rotatable bonds is 4. The maximum absolute atomic E-state index is 12.2. The average molecular weight is 423 g/mol. The van der Waals surface area contributed by atoms with E-state index in [0.717, 1.165) is 37.4 Å². The van der Waals surface area contributed by atoms with Gasteiger partial charge in [-0.2, -0.15) is 0 Å². The summed E-state index contributed by atoms with van der Waals surface area (Å²) in [7, 11) is -1.18. The van der Waals surface area contributed by atoms with Crippen molar-refractivity contribution in [1.82, 2.24) is 10.2 Å². The van der Waals surface area contributed by atoms with Gasteiger partial charge in [-0.05, 0) is 42.5 Å². The molecule has 2 fully saturated rings. The van der Waals surface area contributed by atoms with Crippen molar-refractivity contribution in [2.75, 3.05) is 67.6 Å². The molecule has 0 aliphatic carbocycles. The van der Waals surface area contributed by atoms with Crippen LogP contribution < -0.4 is 15.1 Å². The summed E-state index contributed by atoms with van der Waals surface area (Å²) < 4.78 is 23.3. The number of amides is 2. The lowest BCUT2D eigenvalue weighted by atomic mass is 9.96. The number of hydrogen-bond donors (Lipinski definition) is 1. The van der Waals surface area contributed by atoms with Crippen LogP contribution in [0.3, 0.4) is 0 Å². The van der Waals surface area contributed by atoms with Crippen molar-refractivity contribution in [3.05, 3.63) is 24.3 Å². The molecule has 29 heavy (non-hydrogen) atoms. The Labute approximate surface area is 175 Å². The van der Waals surface area contributed by atoms with Crippen molar-refractivity contribution in [2.24, 2.45) is 11.8 Å². The van der Waals surface area contributed by atoms with Crippen LogP contribution in [0.15, 0.2) is 24.3 Å². The predicted octanol–water partition coefficient (Wildman–Crippen LogP) is 2.05. The van der Waals surface area contributed by atoms with Crippen molar-refractivity contribution in [3.63, 3.8) is 0 Å². The van der Waals surface area contributed by atoms with Crippen LogP contribution >= 0.6 is 0 Å². The Kier molecular flexibility index (Phi) is 6.93. The van der Waals surface area contributed by atoms with Crippen LogP contribution in [0, 0.1) is 11.8 Å². The Morgan fingerprint density at radius 1 is 1.00 bits per heavy atom. The maximum atomic E-state index is 12.2. The zero-order chi connectivity index (χ0) is 21.0. The molecule has 0 spiro atoms. The summed E-state index contributed by atoms with van der Waals surface area (Å²) >= 11 is 0. The molecule has 2 amide bonds. The van der Waals surface area contributed by atoms with E-state index in [0.29, 0.717) is 31.5 Å². The van der Waals surface area contributed by atoms with Gasteiger partial charge in [0, 0.05) is 57.7 Å². The van der Waals surface area contributed by atoms with Gasteiger partial charge >= 0.3 is 6.03 Å². The standard InChI is InChI=1S/C21H34N4O3S/c1-17(2)14-18-15-24(8-9-25(16-18)21(26)22-3)20-6-4-19(5-7-20)23-10-12-29(27,28)13-11-23/h4-7,17-18H,8-16H2,1-3H3,(H,22,26)/t18-/m0/s1. The van der Waals surface area contributed by atoms with E-state index in [9.17, 15) is 13.2 Å². The van der Waals surface area contributed by atoms with E-state index in [2.05, 4.69) is 53.2 Å². The molecule has 8 heteroatoms. The molecule has 1 aromatic rings. The lowest BCUT2D eigenvalue weighted by molar-refractivity contribution is 0.193. The van der Waals surface area contributed by atoms with Gasteiger partial charge in [-0.3, -0.25) is 0 Å². The first-order valence-electron chi connectivity index (χ1n) is 10.5. The molecule has 2 saturated heterocycles. The third kappa shape index (κ3) is 5.78. The van der Waals surface area contributed by atoms with E-state index in [1.54, 1.807) is 7.05 Å². The maximum Gasteiger partial charge on any atom is 0.317 e. The Hall–Kier alpha value is -1.96. The molecule has 0 bridgehead atoms. The summed E-state index contributed by atoms with van der Waals surface area (Å²) in [6, 6.07) is 8.43. The van der Waals surface area contributed by atoms with Crippen molar-refractivity contribution < 1.29 is 13.2 Å². The molecule has 0 saturated carbocycles. The Morgan fingerprint density at radius 2 is 1.59 bits per heavy atom. The third-order valence-corrected chi connectivity index (χ3v) is 7.44. The van der Waals surface area contributed by atoms with Crippen molar-refractivity contribution in [1.29, 1.82) is 0 Å². The Balaban J connectivity index is 1.70. The molecule has 1 atom stereocenters. The van der Waals surface area contributed by atoms with Gasteiger partial charge in [0.15, 0.2) is 9.84 Å². The highest BCUT2D eigenvalue weighted by molar-refractivity contribution is 7.91. The second kappa shape index (κ2) is 9.24. The fraction of sp³-hybridized carbons (Fsp3) is 0.667. The molecule has 2 aliphatic rings. The number of hydrogen-bond acceptors (Lipinski definition) is 5. The van der Waals surface area contributed by atoms with Crippen molar-refractivity contribution >= 4 is 27.2 Å². The van der Waals surface area contributed by atoms with E-state index < -0.39 is 9.84 Å². The number of anilines is 2. The minimum atomic E-state index is -2.87. The quantitative estimate of drug-likeness (QED) is 0.804. The van der Waals surface area contributed by atoms with Gasteiger partial charge in [-0.25, -0.2) is 13.2 Å². The SMILES string of the molecule is CNC(=O)N1CCN(c2ccc(N3CCS(=O)(=O)CC3)cc2)C[C@H](CC(C)C)C1. The van der Waals surface area contributed by atoms with E-state index >= 15 is 0 Å². The second-order valence-electron chi connectivity index (χ2n) is 8.60. The molecule has 1 aromatic carbocycles. The number of nitrogens with zero attached hydrogens (tertiary/aromatic N) is 3. The largest absolute Gasteiger partial charge is 0.369 e. The molecule has 0 unspecified atom stereocenters. The fourth-order valence-corrected chi connectivity index (χ4v) is 5.54. The van der Waals surface area contributed by atoms with Crippen LogP contribution in [0.5, 0.6) is 0 Å². The highest BCUT2D eigenvalue weighted by atomic mass is 32.2. The van der Waals surface area contributed by atoms with Crippen LogP contribution in [0.2, 0.25) is 0 Å². The monoisotopic (exact) mass is 422 g/mol. The van der Waals surface area contributed by atoms with Gasteiger partial charge < -0.3 is 20.0 Å². The van der Waals surface area contributed by atoms with Gasteiger partial charge in [0.05, 0.1) is 11.5 Å². The topological polar surface area (TPSA) is 73.0 Å². The summed E-state index contributed by atoms with van der Waals surface area (Å²) in [6.07, 6.45) is 1.09. The Bertz CT molecular complexity index is 781. The molecule has 3 rings (SSSR count). The normalized spacial score (nSPS) is 22.5. The number of carbonyl (C=O) groups is 1. The first kappa shape index (κ1) is 21.7. The molecule has 0 radical (unpaired) electrons. The van der Waals surface area contributed by atoms with E-state index in [-0.39, 0.29) is 17.5 Å².